The summed E-state index contributed by atoms with van der Waals surface area (Å²) in [6.07, 6.45) is 5.29. The summed E-state index contributed by atoms with van der Waals surface area (Å²) in [5.41, 5.74) is 3.71. The lowest BCUT2D eigenvalue weighted by Gasteiger charge is -2.19. The van der Waals surface area contributed by atoms with Gasteiger partial charge in [-0.05, 0) is 52.2 Å². The lowest BCUT2D eigenvalue weighted by atomic mass is 10.0. The van der Waals surface area contributed by atoms with Gasteiger partial charge in [0.2, 0.25) is 0 Å². The summed E-state index contributed by atoms with van der Waals surface area (Å²) in [6.45, 7) is 15.0. The Morgan fingerprint density at radius 3 is 1.93 bits per heavy atom. The van der Waals surface area contributed by atoms with Gasteiger partial charge in [0.15, 0.2) is 0 Å². The molecule has 0 amide bonds. The van der Waals surface area contributed by atoms with E-state index in [0.717, 1.165) is 13.0 Å². The fourth-order valence-corrected chi connectivity index (χ4v) is 1.28. The second kappa shape index (κ2) is 7.47. The minimum Gasteiger partial charge on any atom is -0.369 e. The molecule has 0 aliphatic heterocycles. The zero-order valence-electron chi connectivity index (χ0n) is 10.8. The largest absolute Gasteiger partial charge is 0.369 e. The normalized spacial score (nSPS) is 13.5. The van der Waals surface area contributed by atoms with Gasteiger partial charge in [0.05, 0.1) is 12.7 Å². The molecule has 0 aliphatic rings. The van der Waals surface area contributed by atoms with Crippen molar-refractivity contribution in [2.45, 2.75) is 47.1 Å². The van der Waals surface area contributed by atoms with Gasteiger partial charge in [-0.15, -0.1) is 6.58 Å². The molecule has 0 saturated heterocycles. The van der Waals surface area contributed by atoms with Crippen LogP contribution in [0.15, 0.2) is 35.5 Å². The topological polar surface area (TPSA) is 9.23 Å². The molecule has 0 atom stereocenters. The van der Waals surface area contributed by atoms with Gasteiger partial charge in [-0.1, -0.05) is 17.7 Å². The van der Waals surface area contributed by atoms with Gasteiger partial charge in [-0.25, -0.2) is 0 Å². The molecule has 1 heteroatoms. The molecule has 0 N–H and O–H groups in total. The summed E-state index contributed by atoms with van der Waals surface area (Å²) in [4.78, 5) is 0. The molecular formula is C14H24O. The van der Waals surface area contributed by atoms with Crippen LogP contribution >= 0.6 is 0 Å². The highest BCUT2D eigenvalue weighted by atomic mass is 16.5. The van der Waals surface area contributed by atoms with Crippen LogP contribution in [0.3, 0.4) is 0 Å². The van der Waals surface area contributed by atoms with Crippen LogP contribution < -0.4 is 0 Å². The van der Waals surface area contributed by atoms with Gasteiger partial charge in [0.25, 0.3) is 0 Å². The Morgan fingerprint density at radius 1 is 1.13 bits per heavy atom. The number of allylic oxidation sites excluding steroid dienone is 2. The van der Waals surface area contributed by atoms with Crippen molar-refractivity contribution in [1.29, 1.82) is 0 Å². The van der Waals surface area contributed by atoms with Crippen LogP contribution in [-0.4, -0.2) is 12.7 Å². The molecule has 0 rings (SSSR count). The van der Waals surface area contributed by atoms with Crippen LogP contribution in [0.5, 0.6) is 0 Å². The van der Waals surface area contributed by atoms with E-state index in [2.05, 4.69) is 32.6 Å². The molecule has 0 aromatic carbocycles. The smallest absolute Gasteiger partial charge is 0.0990 e. The van der Waals surface area contributed by atoms with Gasteiger partial charge < -0.3 is 4.74 Å². The molecule has 0 aliphatic carbocycles. The van der Waals surface area contributed by atoms with E-state index >= 15 is 0 Å². The first-order valence-electron chi connectivity index (χ1n) is 5.54. The molecular weight excluding hydrogens is 184 g/mol. The highest BCUT2D eigenvalue weighted by Crippen LogP contribution is 2.16. The van der Waals surface area contributed by atoms with Crippen LogP contribution in [0.4, 0.5) is 0 Å². The summed E-state index contributed by atoms with van der Waals surface area (Å²) in [5, 5.41) is 0. The second-order valence-electron chi connectivity index (χ2n) is 4.02. The predicted octanol–water partition coefficient (Wildman–Crippen LogP) is 4.27. The average molecular weight is 208 g/mol. The van der Waals surface area contributed by atoms with E-state index in [0.29, 0.717) is 0 Å². The summed E-state index contributed by atoms with van der Waals surface area (Å²) in [5.74, 6) is 0. The molecule has 0 aromatic rings. The Kier molecular flexibility index (Phi) is 7.06. The molecule has 86 valence electrons. The first-order valence-corrected chi connectivity index (χ1v) is 5.54. The number of rotatable bonds is 6. The van der Waals surface area contributed by atoms with Crippen LogP contribution in [0, 0.1) is 0 Å². The van der Waals surface area contributed by atoms with Crippen molar-refractivity contribution < 1.29 is 4.74 Å². The summed E-state index contributed by atoms with van der Waals surface area (Å²) in [6, 6.07) is 0. The van der Waals surface area contributed by atoms with Crippen molar-refractivity contribution in [1.82, 2.24) is 0 Å². The number of hydrogen-bond acceptors (Lipinski definition) is 1. The monoisotopic (exact) mass is 208 g/mol. The minimum absolute atomic E-state index is 0.138. The van der Waals surface area contributed by atoms with Crippen molar-refractivity contribution in [3.05, 3.63) is 35.5 Å². The molecule has 0 saturated carbocycles. The predicted molar refractivity (Wildman–Crippen MR) is 68.0 cm³/mol. The maximum absolute atomic E-state index is 5.86. The third-order valence-electron chi connectivity index (χ3n) is 2.55. The fraction of sp³-hybridized carbons (Fsp3) is 0.571. The Labute approximate surface area is 94.5 Å². The maximum atomic E-state index is 5.86. The lowest BCUT2D eigenvalue weighted by Crippen LogP contribution is -2.16. The van der Waals surface area contributed by atoms with Crippen molar-refractivity contribution in [2.24, 2.45) is 0 Å². The van der Waals surface area contributed by atoms with Crippen molar-refractivity contribution in [3.63, 3.8) is 0 Å². The van der Waals surface area contributed by atoms with Crippen molar-refractivity contribution in [3.8, 4) is 0 Å². The molecule has 0 heterocycles. The van der Waals surface area contributed by atoms with E-state index in [-0.39, 0.29) is 6.10 Å². The summed E-state index contributed by atoms with van der Waals surface area (Å²) in [7, 11) is 0. The SMILES string of the molecule is C=C(C)CCOC(/C(C)=C/C)/C(C)=C/C. The van der Waals surface area contributed by atoms with Crippen molar-refractivity contribution >= 4 is 0 Å². The van der Waals surface area contributed by atoms with E-state index in [9.17, 15) is 0 Å². The van der Waals surface area contributed by atoms with E-state index in [4.69, 9.17) is 4.74 Å². The Balaban J connectivity index is 4.34. The van der Waals surface area contributed by atoms with Crippen LogP contribution in [0.25, 0.3) is 0 Å². The number of ether oxygens (including phenoxy) is 1. The zero-order chi connectivity index (χ0) is 11.8. The molecule has 15 heavy (non-hydrogen) atoms. The van der Waals surface area contributed by atoms with Crippen LogP contribution in [0.1, 0.15) is 41.0 Å². The average Bonchev–Trinajstić information content (AvgIpc) is 2.22. The molecule has 1 nitrogen and oxygen atoms in total. The Hall–Kier alpha value is -0.820. The van der Waals surface area contributed by atoms with E-state index < -0.39 is 0 Å². The summed E-state index contributed by atoms with van der Waals surface area (Å²) >= 11 is 0. The minimum atomic E-state index is 0.138. The van der Waals surface area contributed by atoms with E-state index in [1.807, 2.05) is 20.8 Å². The highest BCUT2D eigenvalue weighted by molar-refractivity contribution is 5.19. The van der Waals surface area contributed by atoms with Crippen molar-refractivity contribution in [2.75, 3.05) is 6.61 Å². The number of hydrogen-bond donors (Lipinski definition) is 0. The van der Waals surface area contributed by atoms with Gasteiger partial charge in [0.1, 0.15) is 0 Å². The molecule has 0 bridgehead atoms. The molecule has 0 fully saturated rings. The van der Waals surface area contributed by atoms with E-state index in [1.165, 1.54) is 16.7 Å². The van der Waals surface area contributed by atoms with Gasteiger partial charge >= 0.3 is 0 Å². The zero-order valence-corrected chi connectivity index (χ0v) is 10.8. The molecule has 0 aromatic heterocycles. The first-order chi connectivity index (χ1) is 7.02. The third-order valence-corrected chi connectivity index (χ3v) is 2.55. The third kappa shape index (κ3) is 5.58. The van der Waals surface area contributed by atoms with Gasteiger partial charge in [-0.3, -0.25) is 0 Å². The lowest BCUT2D eigenvalue weighted by molar-refractivity contribution is 0.103. The highest BCUT2D eigenvalue weighted by Gasteiger charge is 2.11. The fourth-order valence-electron chi connectivity index (χ4n) is 1.28. The van der Waals surface area contributed by atoms with Gasteiger partial charge in [-0.2, -0.15) is 0 Å². The molecule has 0 unspecified atom stereocenters. The first kappa shape index (κ1) is 14.2. The van der Waals surface area contributed by atoms with Crippen LogP contribution in [-0.2, 0) is 4.74 Å². The Bertz CT molecular complexity index is 241. The van der Waals surface area contributed by atoms with E-state index in [1.54, 1.807) is 0 Å². The Morgan fingerprint density at radius 2 is 1.60 bits per heavy atom. The standard InChI is InChI=1S/C14H24O/c1-7-12(5)14(13(6)8-2)15-10-9-11(3)4/h7-8,14H,3,9-10H2,1-2,4-6H3/b12-7+,13-8+. The second-order valence-corrected chi connectivity index (χ2v) is 4.02. The maximum Gasteiger partial charge on any atom is 0.0990 e. The molecule has 0 spiro atoms. The summed E-state index contributed by atoms with van der Waals surface area (Å²) < 4.78 is 5.86. The molecule has 0 radical (unpaired) electrons. The van der Waals surface area contributed by atoms with Crippen LogP contribution in [0.2, 0.25) is 0 Å². The quantitative estimate of drug-likeness (QED) is 0.592. The van der Waals surface area contributed by atoms with Gasteiger partial charge in [0, 0.05) is 0 Å².